The van der Waals surface area contributed by atoms with Crippen LogP contribution in [0.25, 0.3) is 0 Å². The lowest BCUT2D eigenvalue weighted by Gasteiger charge is -2.44. The van der Waals surface area contributed by atoms with Crippen LogP contribution < -0.4 is 0 Å². The maximum Gasteiger partial charge on any atom is 0.395 e. The quantitative estimate of drug-likeness (QED) is 0.178. The number of aliphatic hydroxyl groups excluding tert-OH is 1. The fourth-order valence-electron chi connectivity index (χ4n) is 5.00. The second kappa shape index (κ2) is 11.2. The van der Waals surface area contributed by atoms with E-state index in [4.69, 9.17) is 9.41 Å². The number of pyridine rings is 1. The van der Waals surface area contributed by atoms with Gasteiger partial charge in [-0.1, -0.05) is 72.7 Å². The van der Waals surface area contributed by atoms with Gasteiger partial charge in [-0.05, 0) is 70.5 Å². The van der Waals surface area contributed by atoms with Crippen molar-refractivity contribution in [3.05, 3.63) is 61.5 Å². The molecule has 0 aliphatic heterocycles. The lowest BCUT2D eigenvalue weighted by Crippen LogP contribution is -2.44. The first-order valence-corrected chi connectivity index (χ1v) is 17.6. The molecule has 1 aliphatic rings. The largest absolute Gasteiger partial charge is 0.410 e. The molecule has 0 radical (unpaired) electrons. The summed E-state index contributed by atoms with van der Waals surface area (Å²) in [6, 6.07) is 4.47. The van der Waals surface area contributed by atoms with Crippen molar-refractivity contribution in [3.63, 3.8) is 0 Å². The molecule has 0 bridgehead atoms. The summed E-state index contributed by atoms with van der Waals surface area (Å²) in [7, 11) is -2.18. The fraction of sp³-hybridized carbons (Fsp3) is 0.633. The first kappa shape index (κ1) is 33.4. The van der Waals surface area contributed by atoms with Crippen molar-refractivity contribution in [1.29, 1.82) is 0 Å². The van der Waals surface area contributed by atoms with E-state index in [1.165, 1.54) is 12.1 Å². The van der Waals surface area contributed by atoms with Gasteiger partial charge >= 0.3 is 6.18 Å². The maximum atomic E-state index is 14.3. The molecule has 10 heteroatoms. The molecule has 40 heavy (non-hydrogen) atoms. The van der Waals surface area contributed by atoms with Crippen molar-refractivity contribution >= 4 is 30.9 Å². The topological polar surface area (TPSA) is 42.4 Å². The molecular weight excluding hydrogens is 656 g/mol. The number of hydrogen-bond acceptors (Lipinski definition) is 3. The van der Waals surface area contributed by atoms with E-state index in [0.29, 0.717) is 16.8 Å². The zero-order chi connectivity index (χ0) is 30.6. The van der Waals surface area contributed by atoms with Crippen LogP contribution in [0.3, 0.4) is 0 Å². The van der Waals surface area contributed by atoms with Crippen molar-refractivity contribution < 1.29 is 31.5 Å². The van der Waals surface area contributed by atoms with Crippen LogP contribution in [-0.2, 0) is 16.8 Å². The number of rotatable bonds is 7. The highest BCUT2D eigenvalue weighted by molar-refractivity contribution is 14.1. The molecule has 0 spiro atoms. The normalized spacial score (nSPS) is 19.1. The zero-order valence-corrected chi connectivity index (χ0v) is 27.9. The van der Waals surface area contributed by atoms with Crippen molar-refractivity contribution in [1.82, 2.24) is 4.98 Å². The maximum absolute atomic E-state index is 14.3. The number of alkyl halides is 5. The minimum atomic E-state index is -5.00. The van der Waals surface area contributed by atoms with Crippen molar-refractivity contribution in [2.75, 3.05) is 0 Å². The van der Waals surface area contributed by atoms with Crippen LogP contribution in [0, 0.1) is 8.99 Å². The Bertz CT molecular complexity index is 1220. The van der Waals surface area contributed by atoms with E-state index in [9.17, 15) is 27.1 Å². The number of aromatic nitrogens is 1. The highest BCUT2D eigenvalue weighted by atomic mass is 127. The van der Waals surface area contributed by atoms with Gasteiger partial charge in [-0.15, -0.1) is 0 Å². The van der Waals surface area contributed by atoms with Crippen molar-refractivity contribution in [3.8, 4) is 0 Å². The number of halogens is 6. The molecule has 1 aliphatic carbocycles. The van der Waals surface area contributed by atoms with Crippen molar-refractivity contribution in [2.24, 2.45) is 5.41 Å². The highest BCUT2D eigenvalue weighted by Gasteiger charge is 2.46. The average Bonchev–Trinajstić information content (AvgIpc) is 2.74. The minimum Gasteiger partial charge on any atom is -0.410 e. The molecular formula is C30H41F5INO2Si. The first-order valence-electron chi connectivity index (χ1n) is 13.6. The van der Waals surface area contributed by atoms with Gasteiger partial charge in [-0.2, -0.15) is 13.2 Å². The van der Waals surface area contributed by atoms with Gasteiger partial charge in [-0.25, -0.2) is 8.78 Å². The molecule has 2 atom stereocenters. The second-order valence-electron chi connectivity index (χ2n) is 13.7. The summed E-state index contributed by atoms with van der Waals surface area (Å²) in [5.74, 6) is -4.10. The zero-order valence-electron chi connectivity index (χ0n) is 24.7. The van der Waals surface area contributed by atoms with Crippen LogP contribution in [-0.4, -0.2) is 24.6 Å². The van der Waals surface area contributed by atoms with Gasteiger partial charge in [-0.3, -0.25) is 4.98 Å². The third-order valence-corrected chi connectivity index (χ3v) is 13.8. The molecule has 1 heterocycles. The summed E-state index contributed by atoms with van der Waals surface area (Å²) in [6.07, 6.45) is -7.10. The standard InChI is InChI=1S/C30H41F5INO2Si/c1-17(2)25-23(26(38)18-10-12-19(13-11-18)29(31,32)16-30(33,34)35)24(36)22-20(37-25)14-28(6,7)15-21(22)39-40(8,9)27(3,4)5/h10-13,17,21,26,38H,14-16H2,1-9H3/t21-,26+/m0/s1. The summed E-state index contributed by atoms with van der Waals surface area (Å²) in [6.45, 7) is 19.4. The number of aliphatic hydroxyl groups is 1. The van der Waals surface area contributed by atoms with Crippen LogP contribution in [0.15, 0.2) is 24.3 Å². The lowest BCUT2D eigenvalue weighted by atomic mass is 9.74. The molecule has 2 aromatic rings. The van der Waals surface area contributed by atoms with Crippen LogP contribution >= 0.6 is 22.6 Å². The Morgan fingerprint density at radius 1 is 1.07 bits per heavy atom. The van der Waals surface area contributed by atoms with Crippen molar-refractivity contribution in [2.45, 2.75) is 116 Å². The van der Waals surface area contributed by atoms with Crippen LogP contribution in [0.2, 0.25) is 18.1 Å². The molecule has 3 rings (SSSR count). The van der Waals surface area contributed by atoms with Crippen LogP contribution in [0.4, 0.5) is 22.0 Å². The monoisotopic (exact) mass is 697 g/mol. The van der Waals surface area contributed by atoms with E-state index in [1.54, 1.807) is 0 Å². The molecule has 0 fully saturated rings. The first-order chi connectivity index (χ1) is 18.0. The van der Waals surface area contributed by atoms with E-state index in [2.05, 4.69) is 70.3 Å². The van der Waals surface area contributed by atoms with Crippen LogP contribution in [0.1, 0.15) is 113 Å². The highest BCUT2D eigenvalue weighted by Crippen LogP contribution is 2.50. The second-order valence-corrected chi connectivity index (χ2v) is 19.5. The Labute approximate surface area is 249 Å². The Morgan fingerprint density at radius 2 is 1.62 bits per heavy atom. The van der Waals surface area contributed by atoms with E-state index in [0.717, 1.165) is 39.8 Å². The smallest absolute Gasteiger partial charge is 0.395 e. The average molecular weight is 698 g/mol. The van der Waals surface area contributed by atoms with E-state index < -0.39 is 38.5 Å². The number of nitrogens with zero attached hydrogens (tertiary/aromatic N) is 1. The number of hydrogen-bond donors (Lipinski definition) is 1. The molecule has 3 nitrogen and oxygen atoms in total. The SMILES string of the molecule is CC(C)c1nc2c(c(I)c1[C@H](O)c1ccc(C(F)(F)CC(F)(F)F)cc1)[C@@H](O[Si](C)(C)C(C)(C)C)CC(C)(C)C2. The van der Waals surface area contributed by atoms with Gasteiger partial charge in [0.1, 0.15) is 12.5 Å². The van der Waals surface area contributed by atoms with Gasteiger partial charge in [0.05, 0.1) is 11.8 Å². The predicted octanol–water partition coefficient (Wildman–Crippen LogP) is 9.97. The lowest BCUT2D eigenvalue weighted by molar-refractivity contribution is -0.190. The third kappa shape index (κ3) is 7.26. The molecule has 0 amide bonds. The summed E-state index contributed by atoms with van der Waals surface area (Å²) < 4.78 is 74.3. The van der Waals surface area contributed by atoms with E-state index >= 15 is 0 Å². The van der Waals surface area contributed by atoms with E-state index in [-0.39, 0.29) is 22.5 Å². The Morgan fingerprint density at radius 3 is 2.10 bits per heavy atom. The van der Waals surface area contributed by atoms with Crippen LogP contribution in [0.5, 0.6) is 0 Å². The molecule has 224 valence electrons. The summed E-state index contributed by atoms with van der Waals surface area (Å²) in [5.41, 5.74) is 2.75. The Kier molecular flexibility index (Phi) is 9.34. The molecule has 0 unspecified atom stereocenters. The van der Waals surface area contributed by atoms with Gasteiger partial charge < -0.3 is 9.53 Å². The molecule has 1 aromatic heterocycles. The third-order valence-electron chi connectivity index (χ3n) is 8.16. The van der Waals surface area contributed by atoms with Gasteiger partial charge in [0, 0.05) is 26.0 Å². The predicted molar refractivity (Wildman–Crippen MR) is 159 cm³/mol. The molecule has 0 saturated carbocycles. The molecule has 0 saturated heterocycles. The van der Waals surface area contributed by atoms with Gasteiger partial charge in [0.15, 0.2) is 8.32 Å². The Balaban J connectivity index is 2.12. The number of fused-ring (bicyclic) bond motifs is 1. The van der Waals surface area contributed by atoms with Gasteiger partial charge in [0.25, 0.3) is 5.92 Å². The minimum absolute atomic E-state index is 0.0102. The summed E-state index contributed by atoms with van der Waals surface area (Å²) >= 11 is 2.25. The fourth-order valence-corrected chi connectivity index (χ4v) is 7.50. The summed E-state index contributed by atoms with van der Waals surface area (Å²) in [4.78, 5) is 5.08. The summed E-state index contributed by atoms with van der Waals surface area (Å²) in [5, 5.41) is 11.6. The number of benzene rings is 1. The Hall–Kier alpha value is -1.11. The van der Waals surface area contributed by atoms with E-state index in [1.807, 2.05) is 13.8 Å². The van der Waals surface area contributed by atoms with Gasteiger partial charge in [0.2, 0.25) is 0 Å². The molecule has 1 aromatic carbocycles. The molecule has 1 N–H and O–H groups in total.